The minimum atomic E-state index is -0.189. The summed E-state index contributed by atoms with van der Waals surface area (Å²) in [5.74, 6) is 1.82. The lowest BCUT2D eigenvalue weighted by molar-refractivity contribution is 0.0926. The van der Waals surface area contributed by atoms with Crippen LogP contribution in [0.2, 0.25) is 0 Å². The highest BCUT2D eigenvalue weighted by atomic mass is 16.4. The van der Waals surface area contributed by atoms with Gasteiger partial charge in [0.2, 0.25) is 0 Å². The average Bonchev–Trinajstić information content (AvgIpc) is 3.39. The van der Waals surface area contributed by atoms with E-state index in [2.05, 4.69) is 27.3 Å². The van der Waals surface area contributed by atoms with E-state index < -0.39 is 0 Å². The minimum Gasteiger partial charge on any atom is -0.455 e. The first-order valence-electron chi connectivity index (χ1n) is 10.6. The van der Waals surface area contributed by atoms with E-state index in [0.717, 1.165) is 55.9 Å². The molecule has 0 saturated carbocycles. The molecule has 1 N–H and O–H groups in total. The molecule has 1 aromatic carbocycles. The van der Waals surface area contributed by atoms with Crippen LogP contribution in [0.3, 0.4) is 0 Å². The summed E-state index contributed by atoms with van der Waals surface area (Å²) in [6, 6.07) is 13.9. The predicted molar refractivity (Wildman–Crippen MR) is 114 cm³/mol. The third-order valence-corrected chi connectivity index (χ3v) is 6.42. The number of likely N-dealkylation sites (tertiary alicyclic amines) is 1. The molecule has 0 radical (unpaired) electrons. The fourth-order valence-electron chi connectivity index (χ4n) is 4.96. The standard InChI is InChI=1S/C24H26N4O2/c1-25-23(29)20-9-8-19(30-20)15-28-13-5-11-24(16-28)12-10-18-14-26-22(27-21(18)24)17-6-3-2-4-7-17/h2-4,6-9,14H,5,10-13,15-16H2,1H3,(H,25,29). The number of benzene rings is 1. The SMILES string of the molecule is CNC(=O)c1ccc(CN2CCCC3(CCc4cnc(-c5ccccc5)nc43)C2)o1. The van der Waals surface area contributed by atoms with Gasteiger partial charge in [-0.15, -0.1) is 0 Å². The zero-order chi connectivity index (χ0) is 20.6. The molecule has 2 aromatic heterocycles. The summed E-state index contributed by atoms with van der Waals surface area (Å²) in [6.07, 6.45) is 6.48. The number of nitrogens with zero attached hydrogens (tertiary/aromatic N) is 3. The Morgan fingerprint density at radius 3 is 2.90 bits per heavy atom. The molecular formula is C24H26N4O2. The Morgan fingerprint density at radius 1 is 1.20 bits per heavy atom. The van der Waals surface area contributed by atoms with Gasteiger partial charge >= 0.3 is 0 Å². The van der Waals surface area contributed by atoms with Crippen molar-refractivity contribution in [3.63, 3.8) is 0 Å². The summed E-state index contributed by atoms with van der Waals surface area (Å²) >= 11 is 0. The maximum atomic E-state index is 11.8. The van der Waals surface area contributed by atoms with Gasteiger partial charge in [-0.05, 0) is 49.9 Å². The van der Waals surface area contributed by atoms with Gasteiger partial charge in [0.05, 0.1) is 12.2 Å². The molecule has 1 saturated heterocycles. The van der Waals surface area contributed by atoms with Gasteiger partial charge in [0.15, 0.2) is 11.6 Å². The molecule has 1 aliphatic heterocycles. The van der Waals surface area contributed by atoms with Crippen molar-refractivity contribution in [2.75, 3.05) is 20.1 Å². The number of carbonyl (C=O) groups excluding carboxylic acids is 1. The van der Waals surface area contributed by atoms with Gasteiger partial charge in [0.25, 0.3) is 5.91 Å². The molecule has 1 spiro atoms. The number of amides is 1. The fourth-order valence-corrected chi connectivity index (χ4v) is 4.96. The fraction of sp³-hybridized carbons (Fsp3) is 0.375. The zero-order valence-corrected chi connectivity index (χ0v) is 17.2. The second kappa shape index (κ2) is 7.69. The van der Waals surface area contributed by atoms with Crippen LogP contribution in [0.1, 0.15) is 46.8 Å². The second-order valence-electron chi connectivity index (χ2n) is 8.37. The first-order chi connectivity index (χ1) is 14.7. The van der Waals surface area contributed by atoms with Crippen molar-refractivity contribution in [2.45, 2.75) is 37.6 Å². The summed E-state index contributed by atoms with van der Waals surface area (Å²) in [4.78, 5) is 23.9. The molecule has 1 unspecified atom stereocenters. The van der Waals surface area contributed by atoms with Crippen LogP contribution in [0.15, 0.2) is 53.1 Å². The number of hydrogen-bond acceptors (Lipinski definition) is 5. The summed E-state index contributed by atoms with van der Waals surface area (Å²) in [7, 11) is 1.61. The van der Waals surface area contributed by atoms with Gasteiger partial charge < -0.3 is 9.73 Å². The van der Waals surface area contributed by atoms with Crippen molar-refractivity contribution in [3.8, 4) is 11.4 Å². The van der Waals surface area contributed by atoms with Crippen LogP contribution < -0.4 is 5.32 Å². The van der Waals surface area contributed by atoms with Gasteiger partial charge in [-0.3, -0.25) is 9.69 Å². The highest BCUT2D eigenvalue weighted by Crippen LogP contribution is 2.44. The molecule has 1 atom stereocenters. The topological polar surface area (TPSA) is 71.3 Å². The number of fused-ring (bicyclic) bond motifs is 2. The van der Waals surface area contributed by atoms with Crippen LogP contribution >= 0.6 is 0 Å². The van der Waals surface area contributed by atoms with Crippen LogP contribution in [-0.4, -0.2) is 40.9 Å². The molecule has 1 amide bonds. The van der Waals surface area contributed by atoms with E-state index in [-0.39, 0.29) is 11.3 Å². The lowest BCUT2D eigenvalue weighted by Crippen LogP contribution is -2.45. The molecule has 3 heterocycles. The van der Waals surface area contributed by atoms with Crippen molar-refractivity contribution in [3.05, 3.63) is 71.4 Å². The van der Waals surface area contributed by atoms with Gasteiger partial charge in [0, 0.05) is 30.8 Å². The molecule has 5 rings (SSSR count). The van der Waals surface area contributed by atoms with E-state index in [1.807, 2.05) is 30.5 Å². The number of nitrogens with one attached hydrogen (secondary N) is 1. The highest BCUT2D eigenvalue weighted by molar-refractivity contribution is 5.91. The summed E-state index contributed by atoms with van der Waals surface area (Å²) in [5, 5.41) is 2.61. The largest absolute Gasteiger partial charge is 0.455 e. The van der Waals surface area contributed by atoms with E-state index in [0.29, 0.717) is 12.3 Å². The maximum absolute atomic E-state index is 11.8. The van der Waals surface area contributed by atoms with Crippen LogP contribution in [-0.2, 0) is 18.4 Å². The number of aromatic nitrogens is 2. The van der Waals surface area contributed by atoms with Gasteiger partial charge in [0.1, 0.15) is 5.76 Å². The van der Waals surface area contributed by atoms with E-state index in [1.165, 1.54) is 11.3 Å². The smallest absolute Gasteiger partial charge is 0.286 e. The number of rotatable bonds is 4. The number of carbonyl (C=O) groups is 1. The Morgan fingerprint density at radius 2 is 2.07 bits per heavy atom. The number of hydrogen-bond donors (Lipinski definition) is 1. The van der Waals surface area contributed by atoms with E-state index in [4.69, 9.17) is 9.40 Å². The molecule has 30 heavy (non-hydrogen) atoms. The van der Waals surface area contributed by atoms with Crippen molar-refractivity contribution >= 4 is 5.91 Å². The number of furan rings is 1. The first kappa shape index (κ1) is 19.0. The molecular weight excluding hydrogens is 376 g/mol. The average molecular weight is 402 g/mol. The Bertz CT molecular complexity index is 1060. The molecule has 6 nitrogen and oxygen atoms in total. The zero-order valence-electron chi connectivity index (χ0n) is 17.2. The quantitative estimate of drug-likeness (QED) is 0.722. The first-order valence-corrected chi connectivity index (χ1v) is 10.6. The number of aryl methyl sites for hydroxylation is 1. The predicted octanol–water partition coefficient (Wildman–Crippen LogP) is 3.58. The van der Waals surface area contributed by atoms with Crippen molar-refractivity contribution < 1.29 is 9.21 Å². The Kier molecular flexibility index (Phi) is 4.87. The van der Waals surface area contributed by atoms with Crippen LogP contribution in [0.4, 0.5) is 0 Å². The van der Waals surface area contributed by atoms with Gasteiger partial charge in [-0.2, -0.15) is 0 Å². The Balaban J connectivity index is 1.38. The summed E-state index contributed by atoms with van der Waals surface area (Å²) < 4.78 is 5.76. The maximum Gasteiger partial charge on any atom is 0.286 e. The monoisotopic (exact) mass is 402 g/mol. The molecule has 2 aliphatic rings. The molecule has 1 aliphatic carbocycles. The van der Waals surface area contributed by atoms with E-state index in [1.54, 1.807) is 13.1 Å². The molecule has 6 heteroatoms. The third kappa shape index (κ3) is 3.41. The van der Waals surface area contributed by atoms with Crippen molar-refractivity contribution in [2.24, 2.45) is 0 Å². The highest BCUT2D eigenvalue weighted by Gasteiger charge is 2.43. The van der Waals surface area contributed by atoms with Crippen molar-refractivity contribution in [1.82, 2.24) is 20.2 Å². The number of piperidine rings is 1. The van der Waals surface area contributed by atoms with E-state index in [9.17, 15) is 4.79 Å². The normalized spacial score (nSPS) is 21.0. The van der Waals surface area contributed by atoms with Gasteiger partial charge in [-0.1, -0.05) is 30.3 Å². The summed E-state index contributed by atoms with van der Waals surface area (Å²) in [5.41, 5.74) is 3.66. The lowest BCUT2D eigenvalue weighted by atomic mass is 9.77. The van der Waals surface area contributed by atoms with Crippen molar-refractivity contribution in [1.29, 1.82) is 0 Å². The molecule has 1 fully saturated rings. The Labute approximate surface area is 176 Å². The van der Waals surface area contributed by atoms with Crippen LogP contribution in [0, 0.1) is 0 Å². The minimum absolute atomic E-state index is 0.0796. The third-order valence-electron chi connectivity index (χ3n) is 6.42. The van der Waals surface area contributed by atoms with E-state index >= 15 is 0 Å². The van der Waals surface area contributed by atoms with Gasteiger partial charge in [-0.25, -0.2) is 9.97 Å². The van der Waals surface area contributed by atoms with Crippen LogP contribution in [0.25, 0.3) is 11.4 Å². The molecule has 0 bridgehead atoms. The lowest BCUT2D eigenvalue weighted by Gasteiger charge is -2.40. The molecule has 3 aromatic rings. The Hall–Kier alpha value is -2.99. The van der Waals surface area contributed by atoms with Crippen LogP contribution in [0.5, 0.6) is 0 Å². The molecule has 154 valence electrons. The second-order valence-corrected chi connectivity index (χ2v) is 8.37. The summed E-state index contributed by atoms with van der Waals surface area (Å²) in [6.45, 7) is 2.70.